The lowest BCUT2D eigenvalue weighted by Crippen LogP contribution is -2.48. The normalized spacial score (nSPS) is 17.4. The van der Waals surface area contributed by atoms with Gasteiger partial charge in [-0.25, -0.2) is 0 Å². The van der Waals surface area contributed by atoms with Crippen LogP contribution >= 0.6 is 0 Å². The van der Waals surface area contributed by atoms with Gasteiger partial charge in [-0.15, -0.1) is 0 Å². The maximum atomic E-state index is 13.0. The van der Waals surface area contributed by atoms with E-state index in [-0.39, 0.29) is 11.9 Å². The molecule has 0 spiro atoms. The van der Waals surface area contributed by atoms with Gasteiger partial charge in [0.05, 0.1) is 20.3 Å². The molecule has 0 radical (unpaired) electrons. The Balaban J connectivity index is 1.89. The van der Waals surface area contributed by atoms with Gasteiger partial charge < -0.3 is 19.7 Å². The maximum absolute atomic E-state index is 13.0. The van der Waals surface area contributed by atoms with Gasteiger partial charge in [0.15, 0.2) is 11.5 Å². The Morgan fingerprint density at radius 2 is 2.08 bits per heavy atom. The lowest BCUT2D eigenvalue weighted by Gasteiger charge is -2.36. The number of methoxy groups -OCH3 is 2. The molecule has 126 valence electrons. The van der Waals surface area contributed by atoms with Crippen LogP contribution in [0, 0.1) is 0 Å². The van der Waals surface area contributed by atoms with E-state index in [1.807, 2.05) is 23.2 Å². The molecule has 2 heterocycles. The number of carbonyl (C=O) groups is 1. The fourth-order valence-corrected chi connectivity index (χ4v) is 2.95. The van der Waals surface area contributed by atoms with Crippen LogP contribution in [0.2, 0.25) is 0 Å². The Bertz CT molecular complexity index is 706. The van der Waals surface area contributed by atoms with Crippen molar-refractivity contribution in [3.8, 4) is 11.5 Å². The van der Waals surface area contributed by atoms with Crippen molar-refractivity contribution in [3.63, 3.8) is 0 Å². The first kappa shape index (κ1) is 16.3. The summed E-state index contributed by atoms with van der Waals surface area (Å²) in [6.07, 6.45) is 3.55. The first-order valence-electron chi connectivity index (χ1n) is 7.88. The molecule has 1 amide bonds. The van der Waals surface area contributed by atoms with Gasteiger partial charge in [0, 0.05) is 37.6 Å². The highest BCUT2D eigenvalue weighted by atomic mass is 16.5. The third kappa shape index (κ3) is 3.19. The van der Waals surface area contributed by atoms with Crippen LogP contribution in [-0.4, -0.2) is 49.6 Å². The van der Waals surface area contributed by atoms with Crippen LogP contribution < -0.4 is 14.8 Å². The van der Waals surface area contributed by atoms with E-state index in [1.54, 1.807) is 38.6 Å². The van der Waals surface area contributed by atoms with Crippen LogP contribution in [0.5, 0.6) is 11.5 Å². The molecule has 1 aliphatic heterocycles. The van der Waals surface area contributed by atoms with Crippen LogP contribution in [0.1, 0.15) is 22.0 Å². The second-order valence-corrected chi connectivity index (χ2v) is 5.57. The summed E-state index contributed by atoms with van der Waals surface area (Å²) in [5.41, 5.74) is 1.61. The van der Waals surface area contributed by atoms with Gasteiger partial charge in [-0.05, 0) is 29.8 Å². The molecule has 1 atom stereocenters. The van der Waals surface area contributed by atoms with Gasteiger partial charge in [0.1, 0.15) is 0 Å². The first-order chi connectivity index (χ1) is 11.7. The quantitative estimate of drug-likeness (QED) is 0.929. The SMILES string of the molecule is COc1ccc(C(=O)N2CCNCC2c2cccnc2)cc1OC. The molecule has 1 unspecified atom stereocenters. The topological polar surface area (TPSA) is 63.7 Å². The van der Waals surface area contributed by atoms with Gasteiger partial charge in [-0.3, -0.25) is 9.78 Å². The van der Waals surface area contributed by atoms with Gasteiger partial charge in [0.2, 0.25) is 0 Å². The summed E-state index contributed by atoms with van der Waals surface area (Å²) in [7, 11) is 3.14. The molecular formula is C18H21N3O3. The molecule has 0 bridgehead atoms. The van der Waals surface area contributed by atoms with Gasteiger partial charge in [-0.2, -0.15) is 0 Å². The van der Waals surface area contributed by atoms with E-state index in [1.165, 1.54) is 0 Å². The van der Waals surface area contributed by atoms with Crippen molar-refractivity contribution in [3.05, 3.63) is 53.9 Å². The number of hydrogen-bond donors (Lipinski definition) is 1. The van der Waals surface area contributed by atoms with E-state index in [9.17, 15) is 4.79 Å². The molecule has 2 aromatic rings. The zero-order valence-electron chi connectivity index (χ0n) is 13.9. The number of aromatic nitrogens is 1. The van der Waals surface area contributed by atoms with E-state index in [4.69, 9.17) is 9.47 Å². The summed E-state index contributed by atoms with van der Waals surface area (Å²) in [5, 5.41) is 3.34. The fourth-order valence-electron chi connectivity index (χ4n) is 2.95. The molecule has 1 N–H and O–H groups in total. The maximum Gasteiger partial charge on any atom is 0.254 e. The molecule has 1 aromatic carbocycles. The Morgan fingerprint density at radius 3 is 2.79 bits per heavy atom. The monoisotopic (exact) mass is 327 g/mol. The van der Waals surface area contributed by atoms with Crippen molar-refractivity contribution < 1.29 is 14.3 Å². The molecule has 1 aliphatic rings. The van der Waals surface area contributed by atoms with E-state index in [0.717, 1.165) is 12.1 Å². The lowest BCUT2D eigenvalue weighted by atomic mass is 10.0. The van der Waals surface area contributed by atoms with Gasteiger partial charge in [-0.1, -0.05) is 6.07 Å². The molecule has 3 rings (SSSR count). The van der Waals surface area contributed by atoms with Crippen molar-refractivity contribution in [2.24, 2.45) is 0 Å². The highest BCUT2D eigenvalue weighted by molar-refractivity contribution is 5.95. The highest BCUT2D eigenvalue weighted by Crippen LogP contribution is 2.30. The number of benzene rings is 1. The average Bonchev–Trinajstić information content (AvgIpc) is 2.67. The van der Waals surface area contributed by atoms with E-state index >= 15 is 0 Å². The molecule has 6 heteroatoms. The number of rotatable bonds is 4. The van der Waals surface area contributed by atoms with Crippen molar-refractivity contribution in [1.82, 2.24) is 15.2 Å². The smallest absolute Gasteiger partial charge is 0.254 e. The number of carbonyl (C=O) groups excluding carboxylic acids is 1. The minimum atomic E-state index is -0.0342. The molecule has 1 saturated heterocycles. The molecule has 1 fully saturated rings. The molecule has 1 aromatic heterocycles. The molecule has 0 aliphatic carbocycles. The summed E-state index contributed by atoms with van der Waals surface area (Å²) in [4.78, 5) is 19.1. The van der Waals surface area contributed by atoms with Crippen LogP contribution in [-0.2, 0) is 0 Å². The second-order valence-electron chi connectivity index (χ2n) is 5.57. The Labute approximate surface area is 141 Å². The summed E-state index contributed by atoms with van der Waals surface area (Å²) in [5.74, 6) is 1.14. The third-order valence-corrected chi connectivity index (χ3v) is 4.20. The number of piperazine rings is 1. The highest BCUT2D eigenvalue weighted by Gasteiger charge is 2.29. The van der Waals surface area contributed by atoms with Crippen molar-refractivity contribution in [2.45, 2.75) is 6.04 Å². The van der Waals surface area contributed by atoms with Gasteiger partial charge >= 0.3 is 0 Å². The Hall–Kier alpha value is -2.60. The third-order valence-electron chi connectivity index (χ3n) is 4.20. The summed E-state index contributed by atoms with van der Waals surface area (Å²) < 4.78 is 10.5. The van der Waals surface area contributed by atoms with E-state index < -0.39 is 0 Å². The van der Waals surface area contributed by atoms with E-state index in [2.05, 4.69) is 10.3 Å². The fraction of sp³-hybridized carbons (Fsp3) is 0.333. The lowest BCUT2D eigenvalue weighted by molar-refractivity contribution is 0.0633. The van der Waals surface area contributed by atoms with Crippen molar-refractivity contribution in [1.29, 1.82) is 0 Å². The number of ether oxygens (including phenoxy) is 2. The predicted octanol–water partition coefficient (Wildman–Crippen LogP) is 1.89. The zero-order valence-corrected chi connectivity index (χ0v) is 13.9. The van der Waals surface area contributed by atoms with Crippen LogP contribution in [0.3, 0.4) is 0 Å². The summed E-state index contributed by atoms with van der Waals surface area (Å²) in [6.45, 7) is 2.13. The summed E-state index contributed by atoms with van der Waals surface area (Å²) >= 11 is 0. The number of pyridine rings is 1. The van der Waals surface area contributed by atoms with Gasteiger partial charge in [0.25, 0.3) is 5.91 Å². The van der Waals surface area contributed by atoms with Crippen LogP contribution in [0.15, 0.2) is 42.7 Å². The molecule has 0 saturated carbocycles. The predicted molar refractivity (Wildman–Crippen MR) is 90.4 cm³/mol. The zero-order chi connectivity index (χ0) is 16.9. The van der Waals surface area contributed by atoms with Crippen molar-refractivity contribution >= 4 is 5.91 Å². The number of amides is 1. The molecule has 24 heavy (non-hydrogen) atoms. The summed E-state index contributed by atoms with van der Waals surface area (Å²) in [6, 6.07) is 9.11. The Morgan fingerprint density at radius 1 is 1.25 bits per heavy atom. The minimum Gasteiger partial charge on any atom is -0.493 e. The largest absolute Gasteiger partial charge is 0.493 e. The Kier molecular flexibility index (Phi) is 4.96. The van der Waals surface area contributed by atoms with E-state index in [0.29, 0.717) is 30.2 Å². The second kappa shape index (κ2) is 7.31. The van der Waals surface area contributed by atoms with Crippen LogP contribution in [0.25, 0.3) is 0 Å². The average molecular weight is 327 g/mol. The molecular weight excluding hydrogens is 306 g/mol. The standard InChI is InChI=1S/C18H21N3O3/c1-23-16-6-5-13(10-17(16)24-2)18(22)21-9-8-20-12-15(21)14-4-3-7-19-11-14/h3-7,10-11,15,20H,8-9,12H2,1-2H3. The number of nitrogens with zero attached hydrogens (tertiary/aromatic N) is 2. The van der Waals surface area contributed by atoms with Crippen molar-refractivity contribution in [2.75, 3.05) is 33.9 Å². The molecule has 6 nitrogen and oxygen atoms in total. The number of hydrogen-bond acceptors (Lipinski definition) is 5. The first-order valence-corrected chi connectivity index (χ1v) is 7.88. The van der Waals surface area contributed by atoms with Crippen LogP contribution in [0.4, 0.5) is 0 Å². The number of nitrogens with one attached hydrogen (secondary N) is 1. The minimum absolute atomic E-state index is 0.0219.